The molecule has 4 nitrogen and oxygen atoms in total. The van der Waals surface area contributed by atoms with Gasteiger partial charge in [-0.15, -0.1) is 11.3 Å². The van der Waals surface area contributed by atoms with Crippen molar-refractivity contribution in [1.82, 2.24) is 9.97 Å². The number of ether oxygens (including phenoxy) is 1. The molecular formula is C16H11FN2O2S. The van der Waals surface area contributed by atoms with Crippen LogP contribution in [0.2, 0.25) is 0 Å². The fourth-order valence-electron chi connectivity index (χ4n) is 1.82. The summed E-state index contributed by atoms with van der Waals surface area (Å²) in [5.74, 6) is -1.30. The Kier molecular flexibility index (Phi) is 4.20. The van der Waals surface area contributed by atoms with Gasteiger partial charge in [-0.25, -0.2) is 14.2 Å². The summed E-state index contributed by atoms with van der Waals surface area (Å²) in [5.41, 5.74) is 1.29. The Labute approximate surface area is 130 Å². The molecule has 0 fully saturated rings. The Balaban J connectivity index is 1.67. The molecule has 0 aliphatic heterocycles. The monoisotopic (exact) mass is 314 g/mol. The second kappa shape index (κ2) is 6.44. The van der Waals surface area contributed by atoms with Crippen molar-refractivity contribution in [2.45, 2.75) is 6.61 Å². The zero-order valence-electron chi connectivity index (χ0n) is 11.4. The molecule has 2 aromatic heterocycles. The van der Waals surface area contributed by atoms with Crippen LogP contribution in [-0.2, 0) is 11.3 Å². The van der Waals surface area contributed by atoms with E-state index in [1.54, 1.807) is 17.6 Å². The molecule has 0 atom stereocenters. The van der Waals surface area contributed by atoms with Crippen molar-refractivity contribution in [3.8, 4) is 10.7 Å². The minimum Gasteiger partial charge on any atom is -0.455 e. The lowest BCUT2D eigenvalue weighted by molar-refractivity contribution is 0.0463. The van der Waals surface area contributed by atoms with Crippen LogP contribution < -0.4 is 0 Å². The van der Waals surface area contributed by atoms with E-state index in [-0.39, 0.29) is 12.2 Å². The molecule has 6 heteroatoms. The summed E-state index contributed by atoms with van der Waals surface area (Å²) in [6.07, 6.45) is 1.69. The minimum absolute atomic E-state index is 0.00347. The molecule has 0 aliphatic carbocycles. The van der Waals surface area contributed by atoms with Gasteiger partial charge in [0.1, 0.15) is 17.4 Å². The molecule has 1 aromatic carbocycles. The summed E-state index contributed by atoms with van der Waals surface area (Å²) >= 11 is 1.41. The highest BCUT2D eigenvalue weighted by atomic mass is 32.1. The van der Waals surface area contributed by atoms with Gasteiger partial charge in [0.05, 0.1) is 17.0 Å². The molecule has 3 aromatic rings. The van der Waals surface area contributed by atoms with Gasteiger partial charge in [0.25, 0.3) is 0 Å². The van der Waals surface area contributed by atoms with Crippen molar-refractivity contribution < 1.29 is 13.9 Å². The van der Waals surface area contributed by atoms with E-state index >= 15 is 0 Å². The largest absolute Gasteiger partial charge is 0.455 e. The van der Waals surface area contributed by atoms with Crippen molar-refractivity contribution in [2.24, 2.45) is 0 Å². The number of aromatic nitrogens is 2. The van der Waals surface area contributed by atoms with Crippen LogP contribution in [-0.4, -0.2) is 15.9 Å². The number of thiazole rings is 1. The number of nitrogens with zero attached hydrogens (tertiary/aromatic N) is 2. The molecule has 0 unspecified atom stereocenters. The molecule has 0 saturated heterocycles. The van der Waals surface area contributed by atoms with Crippen molar-refractivity contribution in [1.29, 1.82) is 0 Å². The first kappa shape index (κ1) is 14.3. The van der Waals surface area contributed by atoms with Gasteiger partial charge >= 0.3 is 5.97 Å². The number of carbonyl (C=O) groups excluding carboxylic acids is 1. The lowest BCUT2D eigenvalue weighted by Gasteiger charge is -2.03. The molecule has 0 amide bonds. The van der Waals surface area contributed by atoms with E-state index in [9.17, 15) is 9.18 Å². The number of halogens is 1. The van der Waals surface area contributed by atoms with E-state index in [4.69, 9.17) is 4.74 Å². The second-order valence-corrected chi connectivity index (χ2v) is 5.27. The van der Waals surface area contributed by atoms with Crippen LogP contribution in [0.3, 0.4) is 0 Å². The Morgan fingerprint density at radius 3 is 2.77 bits per heavy atom. The van der Waals surface area contributed by atoms with E-state index in [0.29, 0.717) is 5.69 Å². The predicted molar refractivity (Wildman–Crippen MR) is 80.9 cm³/mol. The van der Waals surface area contributed by atoms with E-state index in [2.05, 4.69) is 9.97 Å². The Hall–Kier alpha value is -2.60. The van der Waals surface area contributed by atoms with Gasteiger partial charge in [-0.3, -0.25) is 4.98 Å². The highest BCUT2D eigenvalue weighted by Crippen LogP contribution is 2.22. The number of carbonyl (C=O) groups is 1. The topological polar surface area (TPSA) is 52.1 Å². The highest BCUT2D eigenvalue weighted by Gasteiger charge is 2.13. The van der Waals surface area contributed by atoms with Gasteiger partial charge < -0.3 is 4.74 Å². The van der Waals surface area contributed by atoms with Crippen molar-refractivity contribution in [3.05, 3.63) is 71.1 Å². The third kappa shape index (κ3) is 3.17. The van der Waals surface area contributed by atoms with E-state index in [1.807, 2.05) is 18.2 Å². The summed E-state index contributed by atoms with van der Waals surface area (Å²) in [6.45, 7) is -0.00347. The van der Waals surface area contributed by atoms with Crippen molar-refractivity contribution >= 4 is 17.3 Å². The molecule has 0 N–H and O–H groups in total. The molecule has 3 rings (SSSR count). The fraction of sp³-hybridized carbons (Fsp3) is 0.0625. The highest BCUT2D eigenvalue weighted by molar-refractivity contribution is 7.13. The molecular weight excluding hydrogens is 303 g/mol. The molecule has 22 heavy (non-hydrogen) atoms. The Morgan fingerprint density at radius 1 is 1.18 bits per heavy atom. The molecule has 0 bridgehead atoms. The van der Waals surface area contributed by atoms with Crippen molar-refractivity contribution in [3.63, 3.8) is 0 Å². The van der Waals surface area contributed by atoms with Gasteiger partial charge in [0.2, 0.25) is 0 Å². The predicted octanol–water partition coefficient (Wildman–Crippen LogP) is 3.70. The summed E-state index contributed by atoms with van der Waals surface area (Å²) in [4.78, 5) is 20.4. The van der Waals surface area contributed by atoms with Crippen LogP contribution in [0.25, 0.3) is 10.7 Å². The third-order valence-electron chi connectivity index (χ3n) is 2.88. The molecule has 110 valence electrons. The first-order valence-electron chi connectivity index (χ1n) is 6.51. The first-order chi connectivity index (χ1) is 10.7. The average Bonchev–Trinajstić information content (AvgIpc) is 3.03. The van der Waals surface area contributed by atoms with Gasteiger partial charge in [0.15, 0.2) is 0 Å². The first-order valence-corrected chi connectivity index (χ1v) is 7.39. The number of hydrogen-bond acceptors (Lipinski definition) is 5. The number of esters is 1. The number of hydrogen-bond donors (Lipinski definition) is 0. The van der Waals surface area contributed by atoms with Crippen LogP contribution in [0.15, 0.2) is 54.0 Å². The SMILES string of the molecule is O=C(OCc1csc(-c2ccccn2)n1)c1ccccc1F. The zero-order valence-corrected chi connectivity index (χ0v) is 12.2. The molecule has 0 radical (unpaired) electrons. The summed E-state index contributed by atoms with van der Waals surface area (Å²) in [7, 11) is 0. The summed E-state index contributed by atoms with van der Waals surface area (Å²) in [5, 5.41) is 2.54. The fourth-order valence-corrected chi connectivity index (χ4v) is 2.60. The van der Waals surface area contributed by atoms with E-state index in [1.165, 1.54) is 29.5 Å². The normalized spacial score (nSPS) is 10.4. The smallest absolute Gasteiger partial charge is 0.341 e. The quantitative estimate of drug-likeness (QED) is 0.689. The minimum atomic E-state index is -0.703. The van der Waals surface area contributed by atoms with Crippen LogP contribution in [0.1, 0.15) is 16.1 Å². The zero-order chi connectivity index (χ0) is 15.4. The maximum absolute atomic E-state index is 13.5. The molecule has 0 spiro atoms. The summed E-state index contributed by atoms with van der Waals surface area (Å²) < 4.78 is 18.6. The van der Waals surface area contributed by atoms with E-state index < -0.39 is 11.8 Å². The van der Waals surface area contributed by atoms with Crippen LogP contribution in [0, 0.1) is 5.82 Å². The van der Waals surface area contributed by atoms with Crippen LogP contribution >= 0.6 is 11.3 Å². The molecule has 0 aliphatic rings. The van der Waals surface area contributed by atoms with Gasteiger partial charge in [-0.2, -0.15) is 0 Å². The second-order valence-electron chi connectivity index (χ2n) is 4.41. The third-order valence-corrected chi connectivity index (χ3v) is 3.79. The number of pyridine rings is 1. The lowest BCUT2D eigenvalue weighted by atomic mass is 10.2. The van der Waals surface area contributed by atoms with Gasteiger partial charge in [0, 0.05) is 11.6 Å². The van der Waals surface area contributed by atoms with Gasteiger partial charge in [-0.1, -0.05) is 18.2 Å². The average molecular weight is 314 g/mol. The van der Waals surface area contributed by atoms with Crippen molar-refractivity contribution in [2.75, 3.05) is 0 Å². The van der Waals surface area contributed by atoms with E-state index in [0.717, 1.165) is 10.7 Å². The number of benzene rings is 1. The van der Waals surface area contributed by atoms with Crippen LogP contribution in [0.4, 0.5) is 4.39 Å². The number of rotatable bonds is 4. The van der Waals surface area contributed by atoms with Crippen LogP contribution in [0.5, 0.6) is 0 Å². The summed E-state index contributed by atoms with van der Waals surface area (Å²) in [6, 6.07) is 11.3. The van der Waals surface area contributed by atoms with Gasteiger partial charge in [-0.05, 0) is 24.3 Å². The Bertz CT molecular complexity index is 790. The Morgan fingerprint density at radius 2 is 2.00 bits per heavy atom. The molecule has 0 saturated carbocycles. The standard InChI is InChI=1S/C16H11FN2O2S/c17-13-6-2-1-5-12(13)16(20)21-9-11-10-22-15(19-11)14-7-3-4-8-18-14/h1-8,10H,9H2. The molecule has 2 heterocycles. The maximum Gasteiger partial charge on any atom is 0.341 e. The maximum atomic E-state index is 13.5. The lowest BCUT2D eigenvalue weighted by Crippen LogP contribution is -2.07.